The Morgan fingerprint density at radius 3 is 2.86 bits per heavy atom. The third-order valence-electron chi connectivity index (χ3n) is 4.50. The number of para-hydroxylation sites is 1. The SMILES string of the molecule is CNS(=O)(=O)C1CCN(CC(=O)N2CCc3ccccc32)C1. The van der Waals surface area contributed by atoms with Crippen molar-refractivity contribution in [1.29, 1.82) is 0 Å². The summed E-state index contributed by atoms with van der Waals surface area (Å²) in [6, 6.07) is 7.95. The third-order valence-corrected chi connectivity index (χ3v) is 6.33. The maximum absolute atomic E-state index is 12.5. The summed E-state index contributed by atoms with van der Waals surface area (Å²) in [5, 5.41) is -0.420. The number of rotatable bonds is 4. The van der Waals surface area contributed by atoms with Gasteiger partial charge in [-0.05, 0) is 31.5 Å². The molecule has 22 heavy (non-hydrogen) atoms. The molecule has 6 nitrogen and oxygen atoms in total. The molecule has 120 valence electrons. The van der Waals surface area contributed by atoms with Gasteiger partial charge in [-0.2, -0.15) is 0 Å². The number of hydrogen-bond donors (Lipinski definition) is 1. The van der Waals surface area contributed by atoms with Crippen molar-refractivity contribution in [1.82, 2.24) is 9.62 Å². The van der Waals surface area contributed by atoms with Gasteiger partial charge in [0.1, 0.15) is 0 Å². The summed E-state index contributed by atoms with van der Waals surface area (Å²) in [5.41, 5.74) is 2.19. The van der Waals surface area contributed by atoms with Crippen molar-refractivity contribution in [3.05, 3.63) is 29.8 Å². The van der Waals surface area contributed by atoms with E-state index < -0.39 is 15.3 Å². The normalized spacial score (nSPS) is 22.0. The minimum atomic E-state index is -3.25. The van der Waals surface area contributed by atoms with Gasteiger partial charge in [0.15, 0.2) is 0 Å². The molecule has 1 N–H and O–H groups in total. The van der Waals surface area contributed by atoms with Crippen LogP contribution in [0.2, 0.25) is 0 Å². The number of anilines is 1. The Kier molecular flexibility index (Phi) is 4.20. The van der Waals surface area contributed by atoms with Gasteiger partial charge in [-0.3, -0.25) is 9.69 Å². The molecule has 0 radical (unpaired) electrons. The monoisotopic (exact) mass is 323 g/mol. The highest BCUT2D eigenvalue weighted by atomic mass is 32.2. The van der Waals surface area contributed by atoms with E-state index in [4.69, 9.17) is 0 Å². The number of benzene rings is 1. The van der Waals surface area contributed by atoms with Crippen molar-refractivity contribution in [2.45, 2.75) is 18.1 Å². The molecule has 1 atom stereocenters. The smallest absolute Gasteiger partial charge is 0.241 e. The van der Waals surface area contributed by atoms with Gasteiger partial charge in [-0.25, -0.2) is 13.1 Å². The molecule has 0 bridgehead atoms. The second-order valence-electron chi connectivity index (χ2n) is 5.82. The van der Waals surface area contributed by atoms with Crippen molar-refractivity contribution in [3.63, 3.8) is 0 Å². The summed E-state index contributed by atoms with van der Waals surface area (Å²) in [6.45, 7) is 2.06. The topological polar surface area (TPSA) is 69.7 Å². The molecule has 1 aromatic carbocycles. The number of amides is 1. The number of sulfonamides is 1. The van der Waals surface area contributed by atoms with Crippen LogP contribution in [-0.4, -0.2) is 57.7 Å². The molecular formula is C15H21N3O3S. The third kappa shape index (κ3) is 2.88. The van der Waals surface area contributed by atoms with Gasteiger partial charge in [0.25, 0.3) is 0 Å². The summed E-state index contributed by atoms with van der Waals surface area (Å²) in [4.78, 5) is 16.3. The van der Waals surface area contributed by atoms with E-state index in [1.54, 1.807) is 0 Å². The molecule has 1 aromatic rings. The van der Waals surface area contributed by atoms with Crippen LogP contribution < -0.4 is 9.62 Å². The van der Waals surface area contributed by atoms with Crippen molar-refractivity contribution in [2.75, 3.05) is 38.1 Å². The molecule has 1 fully saturated rings. The summed E-state index contributed by atoms with van der Waals surface area (Å²) in [7, 11) is -1.82. The average Bonchev–Trinajstić information content (AvgIpc) is 3.14. The first kappa shape index (κ1) is 15.5. The van der Waals surface area contributed by atoms with Crippen LogP contribution in [0.25, 0.3) is 0 Å². The van der Waals surface area contributed by atoms with Crippen molar-refractivity contribution < 1.29 is 13.2 Å². The molecule has 0 aliphatic carbocycles. The van der Waals surface area contributed by atoms with Gasteiger partial charge < -0.3 is 4.90 Å². The van der Waals surface area contributed by atoms with E-state index >= 15 is 0 Å². The molecule has 1 saturated heterocycles. The molecule has 0 saturated carbocycles. The summed E-state index contributed by atoms with van der Waals surface area (Å²) >= 11 is 0. The largest absolute Gasteiger partial charge is 0.311 e. The minimum Gasteiger partial charge on any atom is -0.311 e. The number of nitrogens with one attached hydrogen (secondary N) is 1. The Labute approximate surface area is 131 Å². The Hall–Kier alpha value is -1.44. The molecule has 7 heteroatoms. The number of carbonyl (C=O) groups is 1. The lowest BCUT2D eigenvalue weighted by Gasteiger charge is -2.21. The van der Waals surface area contributed by atoms with Crippen molar-refractivity contribution in [2.24, 2.45) is 0 Å². The number of carbonyl (C=O) groups excluding carboxylic acids is 1. The molecule has 2 aliphatic rings. The van der Waals surface area contributed by atoms with Gasteiger partial charge in [-0.15, -0.1) is 0 Å². The predicted molar refractivity (Wildman–Crippen MR) is 85.3 cm³/mol. The number of nitrogens with zero attached hydrogens (tertiary/aromatic N) is 2. The molecule has 3 rings (SSSR count). The quantitative estimate of drug-likeness (QED) is 0.859. The predicted octanol–water partition coefficient (Wildman–Crippen LogP) is 0.199. The fourth-order valence-corrected chi connectivity index (χ4v) is 4.39. The maximum Gasteiger partial charge on any atom is 0.241 e. The Balaban J connectivity index is 1.62. The number of hydrogen-bond acceptors (Lipinski definition) is 4. The van der Waals surface area contributed by atoms with Gasteiger partial charge in [0, 0.05) is 25.3 Å². The molecule has 2 heterocycles. The van der Waals surface area contributed by atoms with Gasteiger partial charge in [0.05, 0.1) is 11.8 Å². The lowest BCUT2D eigenvalue weighted by atomic mass is 10.2. The summed E-state index contributed by atoms with van der Waals surface area (Å²) in [5.74, 6) is 0.0486. The van der Waals surface area contributed by atoms with E-state index in [9.17, 15) is 13.2 Å². The Morgan fingerprint density at radius 2 is 2.09 bits per heavy atom. The van der Waals surface area contributed by atoms with E-state index in [1.165, 1.54) is 12.6 Å². The van der Waals surface area contributed by atoms with Crippen LogP contribution in [-0.2, 0) is 21.2 Å². The highest BCUT2D eigenvalue weighted by Gasteiger charge is 2.34. The lowest BCUT2D eigenvalue weighted by molar-refractivity contribution is -0.119. The molecule has 1 amide bonds. The first-order valence-electron chi connectivity index (χ1n) is 7.54. The fraction of sp³-hybridized carbons (Fsp3) is 0.533. The van der Waals surface area contributed by atoms with Crippen LogP contribution in [0.5, 0.6) is 0 Å². The minimum absolute atomic E-state index is 0.0486. The zero-order valence-corrected chi connectivity index (χ0v) is 13.5. The molecule has 2 aliphatic heterocycles. The maximum atomic E-state index is 12.5. The zero-order valence-electron chi connectivity index (χ0n) is 12.7. The van der Waals surface area contributed by atoms with Crippen molar-refractivity contribution >= 4 is 21.6 Å². The van der Waals surface area contributed by atoms with E-state index in [-0.39, 0.29) is 12.5 Å². The second kappa shape index (κ2) is 5.98. The van der Waals surface area contributed by atoms with E-state index in [0.717, 1.165) is 12.1 Å². The summed E-state index contributed by atoms with van der Waals surface area (Å²) in [6.07, 6.45) is 1.46. The van der Waals surface area contributed by atoms with E-state index in [2.05, 4.69) is 4.72 Å². The van der Waals surface area contributed by atoms with Crippen LogP contribution in [0.4, 0.5) is 5.69 Å². The van der Waals surface area contributed by atoms with E-state index in [0.29, 0.717) is 26.1 Å². The van der Waals surface area contributed by atoms with Crippen LogP contribution >= 0.6 is 0 Å². The van der Waals surface area contributed by atoms with Gasteiger partial charge in [-0.1, -0.05) is 18.2 Å². The molecule has 0 aromatic heterocycles. The van der Waals surface area contributed by atoms with Crippen molar-refractivity contribution in [3.8, 4) is 0 Å². The fourth-order valence-electron chi connectivity index (χ4n) is 3.23. The van der Waals surface area contributed by atoms with Gasteiger partial charge >= 0.3 is 0 Å². The molecule has 0 spiro atoms. The van der Waals surface area contributed by atoms with Crippen LogP contribution in [0.15, 0.2) is 24.3 Å². The van der Waals surface area contributed by atoms with Crippen LogP contribution in [0, 0.1) is 0 Å². The first-order chi connectivity index (χ1) is 10.5. The summed E-state index contributed by atoms with van der Waals surface area (Å²) < 4.78 is 26.0. The standard InChI is InChI=1S/C15H21N3O3S/c1-16-22(20,21)13-7-8-17(10-13)11-15(19)18-9-6-12-4-2-3-5-14(12)18/h2-5,13,16H,6-11H2,1H3. The van der Waals surface area contributed by atoms with Crippen LogP contribution in [0.1, 0.15) is 12.0 Å². The Morgan fingerprint density at radius 1 is 1.32 bits per heavy atom. The number of likely N-dealkylation sites (tertiary alicyclic amines) is 1. The lowest BCUT2D eigenvalue weighted by Crippen LogP contribution is -2.40. The Bertz CT molecular complexity index is 674. The molecular weight excluding hydrogens is 302 g/mol. The molecule has 1 unspecified atom stereocenters. The second-order valence-corrected chi connectivity index (χ2v) is 7.98. The zero-order chi connectivity index (χ0) is 15.7. The highest BCUT2D eigenvalue weighted by molar-refractivity contribution is 7.90. The van der Waals surface area contributed by atoms with Crippen LogP contribution in [0.3, 0.4) is 0 Å². The highest BCUT2D eigenvalue weighted by Crippen LogP contribution is 2.27. The first-order valence-corrected chi connectivity index (χ1v) is 9.09. The average molecular weight is 323 g/mol. The number of fused-ring (bicyclic) bond motifs is 1. The van der Waals surface area contributed by atoms with E-state index in [1.807, 2.05) is 34.1 Å². The van der Waals surface area contributed by atoms with Gasteiger partial charge in [0.2, 0.25) is 15.9 Å².